The second kappa shape index (κ2) is 4.44. The number of carbonyl (C=O) groups is 2. The molecule has 2 unspecified atom stereocenters. The quantitative estimate of drug-likeness (QED) is 0.852. The minimum Gasteiger partial charge on any atom is -0.355 e. The number of fused-ring (bicyclic) bond motifs is 1. The van der Waals surface area contributed by atoms with Crippen molar-refractivity contribution in [2.24, 2.45) is 11.3 Å². The van der Waals surface area contributed by atoms with Crippen LogP contribution in [-0.4, -0.2) is 18.2 Å². The van der Waals surface area contributed by atoms with Crippen LogP contribution in [0.5, 0.6) is 0 Å². The predicted octanol–water partition coefficient (Wildman–Crippen LogP) is 2.45. The molecule has 1 aliphatic heterocycles. The van der Waals surface area contributed by atoms with E-state index in [0.29, 0.717) is 25.2 Å². The number of hydrogen-bond donors (Lipinski definition) is 1. The highest BCUT2D eigenvalue weighted by Gasteiger charge is 2.58. The molecule has 1 saturated heterocycles. The topological polar surface area (TPSA) is 46.2 Å². The number of hydrogen-bond acceptors (Lipinski definition) is 2. The van der Waals surface area contributed by atoms with Crippen molar-refractivity contribution in [2.45, 2.75) is 38.5 Å². The second-order valence-electron chi connectivity index (χ2n) is 6.58. The van der Waals surface area contributed by atoms with E-state index in [4.69, 9.17) is 0 Å². The Hall–Kier alpha value is -1.64. The fraction of sp³-hybridized carbons (Fsp3) is 0.529. The molecule has 2 atom stereocenters. The van der Waals surface area contributed by atoms with Crippen LogP contribution in [0, 0.1) is 11.3 Å². The number of piperidine rings is 1. The molecule has 1 saturated carbocycles. The smallest absolute Gasteiger partial charge is 0.230 e. The van der Waals surface area contributed by atoms with Gasteiger partial charge in [-0.15, -0.1) is 0 Å². The van der Waals surface area contributed by atoms with Crippen LogP contribution in [0.25, 0.3) is 0 Å². The standard InChI is InChI=1S/C17H21NO2/c1-16(2)13-9-11-18-15(20)17(13,10-8-14(16)19)12-6-4-3-5-7-12/h3-7,13H,8-11H2,1-2H3,(H,18,20). The Balaban J connectivity index is 2.17. The highest BCUT2D eigenvalue weighted by Crippen LogP contribution is 2.53. The average Bonchev–Trinajstić information content (AvgIpc) is 2.45. The summed E-state index contributed by atoms with van der Waals surface area (Å²) in [5.41, 5.74) is 0.103. The number of nitrogens with one attached hydrogen (secondary N) is 1. The lowest BCUT2D eigenvalue weighted by atomic mass is 9.50. The van der Waals surface area contributed by atoms with E-state index >= 15 is 0 Å². The molecular weight excluding hydrogens is 250 g/mol. The van der Waals surface area contributed by atoms with Crippen LogP contribution in [0.2, 0.25) is 0 Å². The van der Waals surface area contributed by atoms with Crippen molar-refractivity contribution in [3.63, 3.8) is 0 Å². The molecule has 3 nitrogen and oxygen atoms in total. The molecule has 0 aromatic heterocycles. The lowest BCUT2D eigenvalue weighted by Gasteiger charge is -2.53. The molecule has 0 spiro atoms. The average molecular weight is 271 g/mol. The Morgan fingerprint density at radius 3 is 2.55 bits per heavy atom. The maximum atomic E-state index is 12.7. The Kier molecular flexibility index (Phi) is 2.96. The summed E-state index contributed by atoms with van der Waals surface area (Å²) in [6.07, 6.45) is 2.00. The molecule has 2 aliphatic rings. The van der Waals surface area contributed by atoms with Gasteiger partial charge in [0.2, 0.25) is 5.91 Å². The van der Waals surface area contributed by atoms with Gasteiger partial charge in [-0.25, -0.2) is 0 Å². The van der Waals surface area contributed by atoms with Crippen molar-refractivity contribution < 1.29 is 9.59 Å². The van der Waals surface area contributed by atoms with Crippen molar-refractivity contribution >= 4 is 11.7 Å². The Morgan fingerprint density at radius 2 is 1.85 bits per heavy atom. The van der Waals surface area contributed by atoms with E-state index < -0.39 is 10.8 Å². The van der Waals surface area contributed by atoms with Gasteiger partial charge >= 0.3 is 0 Å². The molecule has 106 valence electrons. The third-order valence-electron chi connectivity index (χ3n) is 5.34. The number of Topliss-reactive ketones (excluding diaryl/α,β-unsaturated/α-hetero) is 1. The summed E-state index contributed by atoms with van der Waals surface area (Å²) in [7, 11) is 0. The highest BCUT2D eigenvalue weighted by molar-refractivity contribution is 5.95. The lowest BCUT2D eigenvalue weighted by molar-refractivity contribution is -0.147. The summed E-state index contributed by atoms with van der Waals surface area (Å²) in [5, 5.41) is 3.02. The van der Waals surface area contributed by atoms with Gasteiger partial charge in [-0.05, 0) is 24.3 Å². The van der Waals surface area contributed by atoms with Gasteiger partial charge in [-0.1, -0.05) is 44.2 Å². The molecular formula is C17H21NO2. The Morgan fingerprint density at radius 1 is 1.15 bits per heavy atom. The van der Waals surface area contributed by atoms with Crippen LogP contribution in [0.15, 0.2) is 30.3 Å². The van der Waals surface area contributed by atoms with Gasteiger partial charge in [0.05, 0.1) is 5.41 Å². The Bertz CT molecular complexity index is 549. The normalized spacial score (nSPS) is 32.4. The second-order valence-corrected chi connectivity index (χ2v) is 6.58. The van der Waals surface area contributed by atoms with E-state index in [9.17, 15) is 9.59 Å². The third-order valence-corrected chi connectivity index (χ3v) is 5.34. The predicted molar refractivity (Wildman–Crippen MR) is 77.3 cm³/mol. The molecule has 0 radical (unpaired) electrons. The van der Waals surface area contributed by atoms with Gasteiger partial charge in [0.1, 0.15) is 5.78 Å². The van der Waals surface area contributed by atoms with Crippen LogP contribution in [0.3, 0.4) is 0 Å². The molecule has 1 aliphatic carbocycles. The van der Waals surface area contributed by atoms with Crippen molar-refractivity contribution in [1.82, 2.24) is 5.32 Å². The largest absolute Gasteiger partial charge is 0.355 e. The van der Waals surface area contributed by atoms with Crippen LogP contribution >= 0.6 is 0 Å². The van der Waals surface area contributed by atoms with Crippen LogP contribution in [-0.2, 0) is 15.0 Å². The van der Waals surface area contributed by atoms with E-state index in [1.165, 1.54) is 0 Å². The zero-order valence-corrected chi connectivity index (χ0v) is 12.1. The SMILES string of the molecule is CC1(C)C(=O)CCC2(c3ccccc3)C(=O)NCCC12. The van der Waals surface area contributed by atoms with Crippen molar-refractivity contribution in [2.75, 3.05) is 6.54 Å². The van der Waals surface area contributed by atoms with E-state index in [1.807, 2.05) is 44.2 Å². The number of rotatable bonds is 1. The number of ketones is 1. The molecule has 20 heavy (non-hydrogen) atoms. The van der Waals surface area contributed by atoms with Gasteiger partial charge in [0, 0.05) is 18.4 Å². The first-order valence-electron chi connectivity index (χ1n) is 7.37. The number of carbonyl (C=O) groups excluding carboxylic acids is 2. The molecule has 1 amide bonds. The number of benzene rings is 1. The summed E-state index contributed by atoms with van der Waals surface area (Å²) in [6, 6.07) is 9.99. The monoisotopic (exact) mass is 271 g/mol. The van der Waals surface area contributed by atoms with Crippen molar-refractivity contribution in [3.8, 4) is 0 Å². The van der Waals surface area contributed by atoms with Crippen molar-refractivity contribution in [1.29, 1.82) is 0 Å². The summed E-state index contributed by atoms with van der Waals surface area (Å²) in [6.45, 7) is 4.69. The fourth-order valence-corrected chi connectivity index (χ4v) is 4.20. The molecule has 1 heterocycles. The van der Waals surface area contributed by atoms with Gasteiger partial charge in [0.25, 0.3) is 0 Å². The Labute approximate surface area is 119 Å². The first kappa shape index (κ1) is 13.3. The van der Waals surface area contributed by atoms with Gasteiger partial charge < -0.3 is 5.32 Å². The third kappa shape index (κ3) is 1.65. The molecule has 2 fully saturated rings. The summed E-state index contributed by atoms with van der Waals surface area (Å²) >= 11 is 0. The first-order chi connectivity index (χ1) is 9.49. The van der Waals surface area contributed by atoms with Gasteiger partial charge in [-0.2, -0.15) is 0 Å². The molecule has 1 N–H and O–H groups in total. The zero-order chi connectivity index (χ0) is 14.4. The van der Waals surface area contributed by atoms with Crippen LogP contribution in [0.1, 0.15) is 38.7 Å². The summed E-state index contributed by atoms with van der Waals surface area (Å²) in [4.78, 5) is 25.0. The fourth-order valence-electron chi connectivity index (χ4n) is 4.20. The maximum Gasteiger partial charge on any atom is 0.230 e. The van der Waals surface area contributed by atoms with E-state index in [1.54, 1.807) is 0 Å². The molecule has 3 heteroatoms. The minimum absolute atomic E-state index is 0.0902. The van der Waals surface area contributed by atoms with Gasteiger partial charge in [-0.3, -0.25) is 9.59 Å². The minimum atomic E-state index is -0.531. The van der Waals surface area contributed by atoms with Gasteiger partial charge in [0.15, 0.2) is 0 Å². The lowest BCUT2D eigenvalue weighted by Crippen LogP contribution is -2.62. The van der Waals surface area contributed by atoms with E-state index in [0.717, 1.165) is 12.0 Å². The summed E-state index contributed by atoms with van der Waals surface area (Å²) in [5.74, 6) is 0.483. The van der Waals surface area contributed by atoms with Crippen LogP contribution < -0.4 is 5.32 Å². The zero-order valence-electron chi connectivity index (χ0n) is 12.1. The van der Waals surface area contributed by atoms with Crippen LogP contribution in [0.4, 0.5) is 0 Å². The van der Waals surface area contributed by atoms with E-state index in [2.05, 4.69) is 5.32 Å². The molecule has 0 bridgehead atoms. The van der Waals surface area contributed by atoms with Crippen molar-refractivity contribution in [3.05, 3.63) is 35.9 Å². The molecule has 1 aromatic carbocycles. The number of amides is 1. The highest BCUT2D eigenvalue weighted by atomic mass is 16.2. The first-order valence-corrected chi connectivity index (χ1v) is 7.37. The maximum absolute atomic E-state index is 12.7. The molecule has 3 rings (SSSR count). The summed E-state index contributed by atoms with van der Waals surface area (Å²) < 4.78 is 0. The molecule has 1 aromatic rings. The van der Waals surface area contributed by atoms with E-state index in [-0.39, 0.29) is 11.8 Å².